The Hall–Kier alpha value is -1.56. The van der Waals surface area contributed by atoms with Gasteiger partial charge in [0.05, 0.1) is 13.1 Å². The standard InChI is InChI=1S/C12H16ClN3O3/c1-12(2,3)19-11(17)16-6-8(7-16)18-10-9(13)14-4-5-15-10/h4-5,8H,6-7H2,1-3H3. The van der Waals surface area contributed by atoms with Crippen LogP contribution in [0, 0.1) is 0 Å². The molecule has 6 nitrogen and oxygen atoms in total. The van der Waals surface area contributed by atoms with Crippen molar-refractivity contribution >= 4 is 17.7 Å². The zero-order chi connectivity index (χ0) is 14.0. The van der Waals surface area contributed by atoms with Crippen molar-refractivity contribution in [1.29, 1.82) is 0 Å². The van der Waals surface area contributed by atoms with E-state index in [0.717, 1.165) is 0 Å². The summed E-state index contributed by atoms with van der Waals surface area (Å²) >= 11 is 5.83. The van der Waals surface area contributed by atoms with Crippen molar-refractivity contribution < 1.29 is 14.3 Å². The quantitative estimate of drug-likeness (QED) is 0.833. The smallest absolute Gasteiger partial charge is 0.410 e. The van der Waals surface area contributed by atoms with Crippen molar-refractivity contribution in [3.05, 3.63) is 17.5 Å². The topological polar surface area (TPSA) is 64.5 Å². The molecule has 1 aliphatic rings. The van der Waals surface area contributed by atoms with Crippen LogP contribution in [0.1, 0.15) is 20.8 Å². The first-order valence-electron chi connectivity index (χ1n) is 5.96. The van der Waals surface area contributed by atoms with Crippen LogP contribution in [0.2, 0.25) is 5.15 Å². The summed E-state index contributed by atoms with van der Waals surface area (Å²) in [7, 11) is 0. The summed E-state index contributed by atoms with van der Waals surface area (Å²) in [5.41, 5.74) is -0.489. The van der Waals surface area contributed by atoms with E-state index in [1.807, 2.05) is 20.8 Å². The zero-order valence-electron chi connectivity index (χ0n) is 11.1. The van der Waals surface area contributed by atoms with E-state index >= 15 is 0 Å². The Kier molecular flexibility index (Phi) is 3.80. The predicted molar refractivity (Wildman–Crippen MR) is 69.3 cm³/mol. The normalized spacial score (nSPS) is 15.9. The van der Waals surface area contributed by atoms with Gasteiger partial charge in [0.25, 0.3) is 5.88 Å². The molecule has 0 N–H and O–H groups in total. The Bertz CT molecular complexity index is 470. The fourth-order valence-corrected chi connectivity index (χ4v) is 1.68. The third kappa shape index (κ3) is 3.70. The maximum atomic E-state index is 11.7. The Balaban J connectivity index is 1.81. The summed E-state index contributed by atoms with van der Waals surface area (Å²) in [6.45, 7) is 6.41. The van der Waals surface area contributed by atoms with E-state index in [-0.39, 0.29) is 23.2 Å². The van der Waals surface area contributed by atoms with Gasteiger partial charge in [0.2, 0.25) is 0 Å². The molecule has 1 amide bonds. The van der Waals surface area contributed by atoms with Crippen LogP contribution in [0.5, 0.6) is 5.88 Å². The van der Waals surface area contributed by atoms with Gasteiger partial charge < -0.3 is 14.4 Å². The first-order valence-corrected chi connectivity index (χ1v) is 6.34. The lowest BCUT2D eigenvalue weighted by molar-refractivity contribution is -0.0232. The molecule has 1 saturated heterocycles. The third-order valence-corrected chi connectivity index (χ3v) is 2.66. The summed E-state index contributed by atoms with van der Waals surface area (Å²) in [5.74, 6) is 0.290. The number of carbonyl (C=O) groups is 1. The van der Waals surface area contributed by atoms with Crippen molar-refractivity contribution in [1.82, 2.24) is 14.9 Å². The molecule has 0 unspecified atom stereocenters. The highest BCUT2D eigenvalue weighted by molar-refractivity contribution is 6.30. The van der Waals surface area contributed by atoms with Crippen LogP contribution in [-0.2, 0) is 4.74 Å². The van der Waals surface area contributed by atoms with Gasteiger partial charge in [-0.05, 0) is 20.8 Å². The average molecular weight is 286 g/mol. The molecule has 0 bridgehead atoms. The Labute approximate surface area is 116 Å². The molecule has 2 heterocycles. The first kappa shape index (κ1) is 13.9. The van der Waals surface area contributed by atoms with Gasteiger partial charge in [-0.1, -0.05) is 11.6 Å². The van der Waals surface area contributed by atoms with Crippen LogP contribution in [0.4, 0.5) is 4.79 Å². The van der Waals surface area contributed by atoms with E-state index < -0.39 is 5.60 Å². The largest absolute Gasteiger partial charge is 0.468 e. The van der Waals surface area contributed by atoms with E-state index in [9.17, 15) is 4.79 Å². The second-order valence-electron chi connectivity index (χ2n) is 5.28. The first-order chi connectivity index (χ1) is 8.85. The fourth-order valence-electron chi connectivity index (χ4n) is 1.53. The highest BCUT2D eigenvalue weighted by Gasteiger charge is 2.35. The molecular weight excluding hydrogens is 270 g/mol. The Morgan fingerprint density at radius 1 is 1.37 bits per heavy atom. The summed E-state index contributed by atoms with van der Waals surface area (Å²) < 4.78 is 10.8. The van der Waals surface area contributed by atoms with Crippen molar-refractivity contribution in [2.45, 2.75) is 32.5 Å². The summed E-state index contributed by atoms with van der Waals surface area (Å²) in [6.07, 6.45) is 2.54. The fraction of sp³-hybridized carbons (Fsp3) is 0.583. The van der Waals surface area contributed by atoms with E-state index in [0.29, 0.717) is 13.1 Å². The van der Waals surface area contributed by atoms with Gasteiger partial charge in [0, 0.05) is 12.4 Å². The number of ether oxygens (including phenoxy) is 2. The van der Waals surface area contributed by atoms with Gasteiger partial charge in [-0.25, -0.2) is 14.8 Å². The molecule has 1 aliphatic heterocycles. The number of nitrogens with zero attached hydrogens (tertiary/aromatic N) is 3. The van der Waals surface area contributed by atoms with Gasteiger partial charge in [0.15, 0.2) is 5.15 Å². The van der Waals surface area contributed by atoms with Crippen LogP contribution in [0.3, 0.4) is 0 Å². The highest BCUT2D eigenvalue weighted by Crippen LogP contribution is 2.23. The number of hydrogen-bond acceptors (Lipinski definition) is 5. The summed E-state index contributed by atoms with van der Waals surface area (Å²) in [6, 6.07) is 0. The number of likely N-dealkylation sites (tertiary alicyclic amines) is 1. The number of halogens is 1. The monoisotopic (exact) mass is 285 g/mol. The maximum absolute atomic E-state index is 11.7. The minimum absolute atomic E-state index is 0.123. The lowest BCUT2D eigenvalue weighted by Crippen LogP contribution is -2.57. The third-order valence-electron chi connectivity index (χ3n) is 2.40. The molecule has 1 aromatic rings. The predicted octanol–water partition coefficient (Wildman–Crippen LogP) is 2.13. The number of amides is 1. The van der Waals surface area contributed by atoms with Gasteiger partial charge >= 0.3 is 6.09 Å². The van der Waals surface area contributed by atoms with E-state index in [1.54, 1.807) is 4.90 Å². The number of aromatic nitrogens is 2. The molecule has 0 radical (unpaired) electrons. The maximum Gasteiger partial charge on any atom is 0.410 e. The number of hydrogen-bond donors (Lipinski definition) is 0. The molecule has 0 aromatic carbocycles. The lowest BCUT2D eigenvalue weighted by Gasteiger charge is -2.39. The molecule has 1 fully saturated rings. The van der Waals surface area contributed by atoms with Crippen molar-refractivity contribution in [3.63, 3.8) is 0 Å². The van der Waals surface area contributed by atoms with E-state index in [4.69, 9.17) is 21.1 Å². The molecule has 0 aliphatic carbocycles. The van der Waals surface area contributed by atoms with Crippen LogP contribution in [0.15, 0.2) is 12.4 Å². The van der Waals surface area contributed by atoms with Crippen molar-refractivity contribution in [2.24, 2.45) is 0 Å². The SMILES string of the molecule is CC(C)(C)OC(=O)N1CC(Oc2nccnc2Cl)C1. The molecule has 0 saturated carbocycles. The number of carbonyl (C=O) groups excluding carboxylic acids is 1. The minimum atomic E-state index is -0.489. The van der Waals surface area contributed by atoms with Crippen LogP contribution in [-0.4, -0.2) is 45.8 Å². The van der Waals surface area contributed by atoms with E-state index in [1.165, 1.54) is 12.4 Å². The summed E-state index contributed by atoms with van der Waals surface area (Å²) in [4.78, 5) is 21.1. The van der Waals surface area contributed by atoms with Crippen LogP contribution < -0.4 is 4.74 Å². The average Bonchev–Trinajstić information content (AvgIpc) is 2.22. The molecule has 0 spiro atoms. The minimum Gasteiger partial charge on any atom is -0.468 e. The molecule has 104 valence electrons. The van der Waals surface area contributed by atoms with Crippen LogP contribution >= 0.6 is 11.6 Å². The molecule has 2 rings (SSSR count). The Morgan fingerprint density at radius 3 is 2.58 bits per heavy atom. The van der Waals surface area contributed by atoms with Crippen LogP contribution in [0.25, 0.3) is 0 Å². The molecular formula is C12H16ClN3O3. The Morgan fingerprint density at radius 2 is 2.00 bits per heavy atom. The zero-order valence-corrected chi connectivity index (χ0v) is 11.8. The molecule has 1 aromatic heterocycles. The molecule has 7 heteroatoms. The van der Waals surface area contributed by atoms with E-state index in [2.05, 4.69) is 9.97 Å². The lowest BCUT2D eigenvalue weighted by atomic mass is 10.2. The van der Waals surface area contributed by atoms with Gasteiger partial charge in [-0.2, -0.15) is 0 Å². The van der Waals surface area contributed by atoms with Crippen molar-refractivity contribution in [2.75, 3.05) is 13.1 Å². The van der Waals surface area contributed by atoms with Gasteiger partial charge in [-0.15, -0.1) is 0 Å². The second kappa shape index (κ2) is 5.21. The van der Waals surface area contributed by atoms with Crippen molar-refractivity contribution in [3.8, 4) is 5.88 Å². The van der Waals surface area contributed by atoms with Gasteiger partial charge in [0.1, 0.15) is 11.7 Å². The second-order valence-corrected chi connectivity index (χ2v) is 5.64. The summed E-state index contributed by atoms with van der Waals surface area (Å²) in [5, 5.41) is 0.221. The molecule has 19 heavy (non-hydrogen) atoms. The highest BCUT2D eigenvalue weighted by atomic mass is 35.5. The number of rotatable bonds is 2. The molecule has 0 atom stereocenters. The van der Waals surface area contributed by atoms with Gasteiger partial charge in [-0.3, -0.25) is 0 Å².